The van der Waals surface area contributed by atoms with Crippen LogP contribution in [0.3, 0.4) is 0 Å². The second-order valence-electron chi connectivity index (χ2n) is 9.43. The van der Waals surface area contributed by atoms with Crippen LogP contribution in [-0.4, -0.2) is 21.6 Å². The van der Waals surface area contributed by atoms with Crippen molar-refractivity contribution >= 4 is 21.6 Å². The highest BCUT2D eigenvalue weighted by atomic mass is 32.1. The maximum absolute atomic E-state index is 13.1. The molecule has 6 heteroatoms. The quantitative estimate of drug-likeness (QED) is 0.511. The number of nitrogens with zero attached hydrogens (tertiary/aromatic N) is 3. The molecule has 0 spiro atoms. The number of para-hydroxylation sites is 1. The van der Waals surface area contributed by atoms with Crippen molar-refractivity contribution in [3.05, 3.63) is 50.6 Å². The van der Waals surface area contributed by atoms with Gasteiger partial charge < -0.3 is 4.74 Å². The van der Waals surface area contributed by atoms with Crippen molar-refractivity contribution in [3.8, 4) is 5.75 Å². The van der Waals surface area contributed by atoms with Gasteiger partial charge in [0.25, 0.3) is 5.56 Å². The SMILES string of the molecule is Cc1ccccc1OCCCCn1nnc2sc3c(c2c1=O)CCC(C(C)(C)C)C3. The topological polar surface area (TPSA) is 57.0 Å². The highest BCUT2D eigenvalue weighted by molar-refractivity contribution is 7.18. The normalized spacial score (nSPS) is 16.6. The molecule has 0 amide bonds. The van der Waals surface area contributed by atoms with Crippen LogP contribution in [0.15, 0.2) is 29.1 Å². The fraction of sp³-hybridized carbons (Fsp3) is 0.542. The van der Waals surface area contributed by atoms with Crippen LogP contribution in [0.2, 0.25) is 0 Å². The number of aromatic nitrogens is 3. The molecular weight excluding hydrogens is 394 g/mol. The minimum atomic E-state index is 0.0199. The van der Waals surface area contributed by atoms with Gasteiger partial charge in [0.2, 0.25) is 0 Å². The van der Waals surface area contributed by atoms with E-state index < -0.39 is 0 Å². The first-order chi connectivity index (χ1) is 14.3. The number of ether oxygens (including phenoxy) is 1. The van der Waals surface area contributed by atoms with Gasteiger partial charge in [-0.05, 0) is 67.6 Å². The Hall–Kier alpha value is -2.21. The van der Waals surface area contributed by atoms with Gasteiger partial charge in [0.1, 0.15) is 5.75 Å². The van der Waals surface area contributed by atoms with E-state index in [0.29, 0.717) is 24.5 Å². The lowest BCUT2D eigenvalue weighted by Crippen LogP contribution is -2.27. The third kappa shape index (κ3) is 4.29. The van der Waals surface area contributed by atoms with Gasteiger partial charge in [-0.2, -0.15) is 0 Å². The van der Waals surface area contributed by atoms with Crippen LogP contribution in [0.4, 0.5) is 0 Å². The number of aryl methyl sites for hydroxylation is 3. The number of thiophene rings is 1. The minimum absolute atomic E-state index is 0.0199. The molecule has 0 saturated heterocycles. The number of fused-ring (bicyclic) bond motifs is 3. The van der Waals surface area contributed by atoms with E-state index in [9.17, 15) is 4.79 Å². The molecule has 0 fully saturated rings. The Morgan fingerprint density at radius 1 is 1.23 bits per heavy atom. The maximum Gasteiger partial charge on any atom is 0.278 e. The highest BCUT2D eigenvalue weighted by Gasteiger charge is 2.31. The molecule has 0 aliphatic heterocycles. The van der Waals surface area contributed by atoms with Crippen LogP contribution in [0.25, 0.3) is 10.2 Å². The summed E-state index contributed by atoms with van der Waals surface area (Å²) in [5.41, 5.74) is 2.68. The molecule has 1 atom stereocenters. The Bertz CT molecular complexity index is 1090. The standard InChI is InChI=1S/C24H31N3O2S/c1-16-9-5-6-10-19(16)29-14-8-7-13-27-23(28)21-18-12-11-17(24(2,3)4)15-20(18)30-22(21)25-26-27/h5-6,9-10,17H,7-8,11-15H2,1-4H3. The average Bonchev–Trinajstić information content (AvgIpc) is 3.08. The average molecular weight is 426 g/mol. The predicted octanol–water partition coefficient (Wildman–Crippen LogP) is 5.17. The smallest absolute Gasteiger partial charge is 0.278 e. The Morgan fingerprint density at radius 2 is 2.03 bits per heavy atom. The summed E-state index contributed by atoms with van der Waals surface area (Å²) in [6.45, 7) is 10.2. The third-order valence-corrected chi connectivity index (χ3v) is 7.42. The van der Waals surface area contributed by atoms with Crippen LogP contribution in [0.1, 0.15) is 56.0 Å². The largest absolute Gasteiger partial charge is 0.493 e. The monoisotopic (exact) mass is 425 g/mol. The van der Waals surface area contributed by atoms with Crippen molar-refractivity contribution in [1.82, 2.24) is 15.0 Å². The summed E-state index contributed by atoms with van der Waals surface area (Å²) < 4.78 is 7.39. The lowest BCUT2D eigenvalue weighted by Gasteiger charge is -2.33. The summed E-state index contributed by atoms with van der Waals surface area (Å²) in [5, 5.41) is 9.42. The van der Waals surface area contributed by atoms with E-state index in [2.05, 4.69) is 31.1 Å². The molecule has 1 unspecified atom stereocenters. The third-order valence-electron chi connectivity index (χ3n) is 6.28. The summed E-state index contributed by atoms with van der Waals surface area (Å²) in [5.74, 6) is 1.58. The van der Waals surface area contributed by atoms with E-state index in [4.69, 9.17) is 4.74 Å². The Labute approximate surface area is 182 Å². The van der Waals surface area contributed by atoms with E-state index in [1.54, 1.807) is 16.0 Å². The predicted molar refractivity (Wildman–Crippen MR) is 123 cm³/mol. The van der Waals surface area contributed by atoms with Gasteiger partial charge in [-0.25, -0.2) is 4.68 Å². The number of rotatable bonds is 6. The minimum Gasteiger partial charge on any atom is -0.493 e. The molecule has 5 nitrogen and oxygen atoms in total. The molecule has 2 heterocycles. The van der Waals surface area contributed by atoms with E-state index >= 15 is 0 Å². The van der Waals surface area contributed by atoms with Crippen molar-refractivity contribution in [1.29, 1.82) is 0 Å². The summed E-state index contributed by atoms with van der Waals surface area (Å²) in [7, 11) is 0. The van der Waals surface area contributed by atoms with Gasteiger partial charge in [-0.1, -0.05) is 44.2 Å². The van der Waals surface area contributed by atoms with E-state index in [1.807, 2.05) is 31.2 Å². The second-order valence-corrected chi connectivity index (χ2v) is 10.5. The van der Waals surface area contributed by atoms with E-state index in [1.165, 1.54) is 10.4 Å². The Balaban J connectivity index is 1.42. The van der Waals surface area contributed by atoms with Crippen LogP contribution in [0.5, 0.6) is 5.75 Å². The summed E-state index contributed by atoms with van der Waals surface area (Å²) in [4.78, 5) is 15.2. The van der Waals surface area contributed by atoms with Gasteiger partial charge in [-0.3, -0.25) is 4.79 Å². The zero-order valence-electron chi connectivity index (χ0n) is 18.4. The lowest BCUT2D eigenvalue weighted by atomic mass is 9.72. The summed E-state index contributed by atoms with van der Waals surface area (Å²) in [6.07, 6.45) is 4.87. The molecule has 0 N–H and O–H groups in total. The highest BCUT2D eigenvalue weighted by Crippen LogP contribution is 2.41. The summed E-state index contributed by atoms with van der Waals surface area (Å²) in [6, 6.07) is 8.03. The zero-order valence-corrected chi connectivity index (χ0v) is 19.2. The van der Waals surface area contributed by atoms with E-state index in [0.717, 1.165) is 53.6 Å². The molecule has 0 saturated carbocycles. The maximum atomic E-state index is 13.1. The fourth-order valence-electron chi connectivity index (χ4n) is 4.28. The van der Waals surface area contributed by atoms with Crippen molar-refractivity contribution in [2.75, 3.05) is 6.61 Å². The number of hydrogen-bond acceptors (Lipinski definition) is 5. The molecule has 160 valence electrons. The first-order valence-electron chi connectivity index (χ1n) is 10.9. The number of unbranched alkanes of at least 4 members (excludes halogenated alkanes) is 1. The zero-order chi connectivity index (χ0) is 21.3. The van der Waals surface area contributed by atoms with Gasteiger partial charge in [0.15, 0.2) is 4.83 Å². The first kappa shape index (κ1) is 21.0. The van der Waals surface area contributed by atoms with Crippen LogP contribution in [-0.2, 0) is 19.4 Å². The molecule has 0 bridgehead atoms. The van der Waals surface area contributed by atoms with Crippen LogP contribution in [0, 0.1) is 18.3 Å². The molecule has 2 aromatic heterocycles. The molecule has 1 aromatic carbocycles. The molecule has 0 radical (unpaired) electrons. The van der Waals surface area contributed by atoms with E-state index in [-0.39, 0.29) is 5.56 Å². The van der Waals surface area contributed by atoms with Gasteiger partial charge >= 0.3 is 0 Å². The van der Waals surface area contributed by atoms with Crippen molar-refractivity contribution in [2.45, 2.75) is 66.3 Å². The van der Waals surface area contributed by atoms with Crippen molar-refractivity contribution < 1.29 is 4.74 Å². The summed E-state index contributed by atoms with van der Waals surface area (Å²) >= 11 is 1.67. The molecular formula is C24H31N3O2S. The Morgan fingerprint density at radius 3 is 2.80 bits per heavy atom. The number of benzene rings is 1. The van der Waals surface area contributed by atoms with Crippen molar-refractivity contribution in [2.24, 2.45) is 11.3 Å². The molecule has 1 aliphatic rings. The molecule has 1 aliphatic carbocycles. The molecule has 30 heavy (non-hydrogen) atoms. The van der Waals surface area contributed by atoms with Gasteiger partial charge in [0, 0.05) is 11.4 Å². The Kier molecular flexibility index (Phi) is 5.96. The number of hydrogen-bond donors (Lipinski definition) is 0. The lowest BCUT2D eigenvalue weighted by molar-refractivity contribution is 0.218. The molecule has 3 aromatic rings. The first-order valence-corrected chi connectivity index (χ1v) is 11.7. The molecule has 4 rings (SSSR count). The van der Waals surface area contributed by atoms with Gasteiger partial charge in [0.05, 0.1) is 12.0 Å². The van der Waals surface area contributed by atoms with Crippen LogP contribution < -0.4 is 10.3 Å². The second kappa shape index (κ2) is 8.50. The fourth-order valence-corrected chi connectivity index (χ4v) is 5.51. The van der Waals surface area contributed by atoms with Gasteiger partial charge in [-0.15, -0.1) is 16.4 Å². The van der Waals surface area contributed by atoms with Crippen molar-refractivity contribution in [3.63, 3.8) is 0 Å². The van der Waals surface area contributed by atoms with Crippen LogP contribution >= 0.6 is 11.3 Å².